The number of morpholine rings is 1. The molecule has 0 unspecified atom stereocenters. The second kappa shape index (κ2) is 6.87. The van der Waals surface area contributed by atoms with Crippen LogP contribution < -0.4 is 4.74 Å². The van der Waals surface area contributed by atoms with Crippen molar-refractivity contribution in [3.8, 4) is 11.8 Å². The Kier molecular flexibility index (Phi) is 4.68. The van der Waals surface area contributed by atoms with Crippen LogP contribution in [0.5, 0.6) is 5.75 Å². The molecule has 8 nitrogen and oxygen atoms in total. The Hall–Kier alpha value is -1.99. The highest BCUT2D eigenvalue weighted by atomic mass is 32.2. The summed E-state index contributed by atoms with van der Waals surface area (Å²) in [5.41, 5.74) is 0.186. The van der Waals surface area contributed by atoms with Crippen molar-refractivity contribution < 1.29 is 22.7 Å². The van der Waals surface area contributed by atoms with Crippen molar-refractivity contribution in [2.24, 2.45) is 0 Å². The zero-order chi connectivity index (χ0) is 19.1. The highest BCUT2D eigenvalue weighted by molar-refractivity contribution is 7.86. The Morgan fingerprint density at radius 3 is 2.41 bits per heavy atom. The number of ether oxygens (including phenoxy) is 2. The summed E-state index contributed by atoms with van der Waals surface area (Å²) < 4.78 is 39.9. The molecule has 9 heteroatoms. The van der Waals surface area contributed by atoms with Gasteiger partial charge in [-0.3, -0.25) is 4.79 Å². The summed E-state index contributed by atoms with van der Waals surface area (Å²) in [6.07, 6.45) is 1.13. The maximum atomic E-state index is 12.8. The molecule has 4 rings (SSSR count). The van der Waals surface area contributed by atoms with Gasteiger partial charge in [-0.2, -0.15) is 22.3 Å². The molecule has 0 bridgehead atoms. The van der Waals surface area contributed by atoms with Gasteiger partial charge in [0.2, 0.25) is 0 Å². The number of Topliss-reactive ketones (excluding diaryl/α,β-unsaturated/α-hetero) is 1. The minimum absolute atomic E-state index is 0.0576. The summed E-state index contributed by atoms with van der Waals surface area (Å²) >= 11 is 0. The molecule has 0 saturated carbocycles. The van der Waals surface area contributed by atoms with Gasteiger partial charge in [0.25, 0.3) is 10.2 Å². The average molecular weight is 391 g/mol. The van der Waals surface area contributed by atoms with Crippen LogP contribution in [0.25, 0.3) is 0 Å². The van der Waals surface area contributed by atoms with Gasteiger partial charge in [-0.1, -0.05) is 0 Å². The van der Waals surface area contributed by atoms with Gasteiger partial charge in [-0.05, 0) is 18.2 Å². The summed E-state index contributed by atoms with van der Waals surface area (Å²) in [6.45, 7) is 2.20. The van der Waals surface area contributed by atoms with E-state index in [2.05, 4.69) is 0 Å². The lowest BCUT2D eigenvalue weighted by atomic mass is 9.83. The smallest absolute Gasteiger partial charge is 0.282 e. The number of piperidine rings is 1. The molecule has 144 valence electrons. The molecule has 27 heavy (non-hydrogen) atoms. The Labute approximate surface area is 158 Å². The van der Waals surface area contributed by atoms with Crippen LogP contribution in [0.15, 0.2) is 18.2 Å². The first-order chi connectivity index (χ1) is 12.9. The minimum Gasteiger partial charge on any atom is -0.486 e. The third-order valence-electron chi connectivity index (χ3n) is 5.47. The Balaban J connectivity index is 1.48. The van der Waals surface area contributed by atoms with Crippen molar-refractivity contribution in [2.75, 3.05) is 39.4 Å². The van der Waals surface area contributed by atoms with Crippen molar-refractivity contribution in [3.63, 3.8) is 0 Å². The van der Waals surface area contributed by atoms with Crippen LogP contribution >= 0.6 is 0 Å². The number of benzene rings is 1. The molecule has 0 radical (unpaired) electrons. The standard InChI is InChI=1S/C18H21N3O5S/c19-13-14-1-2-17-15(11-14)16(22)12-18(26-17)3-5-20(6-4-18)27(23,24)21-7-9-25-10-8-21/h1-2,11H,3-10,12H2. The van der Waals surface area contributed by atoms with Crippen LogP contribution in [-0.2, 0) is 14.9 Å². The Morgan fingerprint density at radius 2 is 1.74 bits per heavy atom. The third-order valence-corrected chi connectivity index (χ3v) is 7.51. The first-order valence-corrected chi connectivity index (χ1v) is 10.4. The fourth-order valence-electron chi connectivity index (χ4n) is 3.91. The minimum atomic E-state index is -3.51. The van der Waals surface area contributed by atoms with Crippen molar-refractivity contribution >= 4 is 16.0 Å². The van der Waals surface area contributed by atoms with Crippen molar-refractivity contribution in [1.82, 2.24) is 8.61 Å². The maximum absolute atomic E-state index is 12.8. The van der Waals surface area contributed by atoms with Crippen molar-refractivity contribution in [1.29, 1.82) is 5.26 Å². The second-order valence-corrected chi connectivity index (χ2v) is 9.05. The summed E-state index contributed by atoms with van der Waals surface area (Å²) in [4.78, 5) is 12.6. The molecule has 1 aromatic carbocycles. The normalized spacial score (nSPS) is 23.4. The van der Waals surface area contributed by atoms with Crippen LogP contribution in [0.3, 0.4) is 0 Å². The number of ketones is 1. The van der Waals surface area contributed by atoms with Gasteiger partial charge in [-0.15, -0.1) is 0 Å². The first-order valence-electron chi connectivity index (χ1n) is 9.03. The van der Waals surface area contributed by atoms with Gasteiger partial charge < -0.3 is 9.47 Å². The molecule has 3 heterocycles. The summed E-state index contributed by atoms with van der Waals surface area (Å²) in [6, 6.07) is 6.87. The van der Waals surface area contributed by atoms with Gasteiger partial charge in [0.1, 0.15) is 11.4 Å². The van der Waals surface area contributed by atoms with Gasteiger partial charge in [0.05, 0.1) is 36.8 Å². The molecule has 0 N–H and O–H groups in total. The number of hydrogen-bond donors (Lipinski definition) is 0. The van der Waals surface area contributed by atoms with Crippen LogP contribution in [0.4, 0.5) is 0 Å². The number of rotatable bonds is 2. The zero-order valence-corrected chi connectivity index (χ0v) is 15.7. The average Bonchev–Trinajstić information content (AvgIpc) is 2.69. The Morgan fingerprint density at radius 1 is 1.07 bits per heavy atom. The number of nitrogens with zero attached hydrogens (tertiary/aromatic N) is 3. The fraction of sp³-hybridized carbons (Fsp3) is 0.556. The number of fused-ring (bicyclic) bond motifs is 1. The molecule has 0 aliphatic carbocycles. The topological polar surface area (TPSA) is 99.9 Å². The molecule has 0 amide bonds. The van der Waals surface area contributed by atoms with Gasteiger partial charge >= 0.3 is 0 Å². The second-order valence-electron chi connectivity index (χ2n) is 7.13. The van der Waals surface area contributed by atoms with E-state index in [4.69, 9.17) is 14.7 Å². The molecule has 2 fully saturated rings. The molecule has 0 atom stereocenters. The number of carbonyl (C=O) groups excluding carboxylic acids is 1. The molecular weight excluding hydrogens is 370 g/mol. The third kappa shape index (κ3) is 3.34. The van der Waals surface area contributed by atoms with E-state index in [1.165, 1.54) is 8.61 Å². The predicted molar refractivity (Wildman–Crippen MR) is 95.6 cm³/mol. The van der Waals surface area contributed by atoms with Gasteiger partial charge in [-0.25, -0.2) is 0 Å². The summed E-state index contributed by atoms with van der Waals surface area (Å²) in [7, 11) is -3.51. The van der Waals surface area contributed by atoms with E-state index in [9.17, 15) is 13.2 Å². The van der Waals surface area contributed by atoms with E-state index >= 15 is 0 Å². The highest BCUT2D eigenvalue weighted by Crippen LogP contribution is 2.40. The monoisotopic (exact) mass is 391 g/mol. The molecule has 2 saturated heterocycles. The van der Waals surface area contributed by atoms with E-state index in [1.54, 1.807) is 18.2 Å². The number of hydrogen-bond acceptors (Lipinski definition) is 6. The van der Waals surface area contributed by atoms with E-state index in [0.29, 0.717) is 69.1 Å². The molecular formula is C18H21N3O5S. The lowest BCUT2D eigenvalue weighted by molar-refractivity contribution is 0.00390. The maximum Gasteiger partial charge on any atom is 0.282 e. The van der Waals surface area contributed by atoms with E-state index in [-0.39, 0.29) is 12.2 Å². The highest BCUT2D eigenvalue weighted by Gasteiger charge is 2.45. The van der Waals surface area contributed by atoms with E-state index < -0.39 is 15.8 Å². The Bertz CT molecular complexity index is 894. The van der Waals surface area contributed by atoms with Gasteiger partial charge in [0.15, 0.2) is 5.78 Å². The zero-order valence-electron chi connectivity index (χ0n) is 14.9. The van der Waals surface area contributed by atoms with Crippen LogP contribution in [-0.4, -0.2) is 67.8 Å². The molecule has 1 aromatic rings. The van der Waals surface area contributed by atoms with Crippen LogP contribution in [0, 0.1) is 11.3 Å². The molecule has 0 aromatic heterocycles. The lowest BCUT2D eigenvalue weighted by Gasteiger charge is -2.44. The SMILES string of the molecule is N#Cc1ccc2c(c1)C(=O)CC1(CCN(S(=O)(=O)N3CCOCC3)CC1)O2. The predicted octanol–water partition coefficient (Wildman–Crippen LogP) is 0.935. The van der Waals surface area contributed by atoms with Crippen molar-refractivity contribution in [2.45, 2.75) is 24.9 Å². The van der Waals surface area contributed by atoms with Gasteiger partial charge in [0, 0.05) is 39.0 Å². The molecule has 3 aliphatic rings. The lowest BCUT2D eigenvalue weighted by Crippen LogP contribution is -2.56. The number of carbonyl (C=O) groups is 1. The quantitative estimate of drug-likeness (QED) is 0.744. The first kappa shape index (κ1) is 18.4. The van der Waals surface area contributed by atoms with E-state index in [0.717, 1.165) is 0 Å². The number of nitriles is 1. The van der Waals surface area contributed by atoms with Crippen LogP contribution in [0.1, 0.15) is 35.2 Å². The van der Waals surface area contributed by atoms with Crippen molar-refractivity contribution in [3.05, 3.63) is 29.3 Å². The molecule has 1 spiro atoms. The largest absolute Gasteiger partial charge is 0.486 e. The van der Waals surface area contributed by atoms with E-state index in [1.807, 2.05) is 6.07 Å². The summed E-state index contributed by atoms with van der Waals surface area (Å²) in [5, 5.41) is 9.00. The molecule has 3 aliphatic heterocycles. The summed E-state index contributed by atoms with van der Waals surface area (Å²) in [5.74, 6) is 0.424. The fourth-order valence-corrected chi connectivity index (χ4v) is 5.49. The van der Waals surface area contributed by atoms with Crippen LogP contribution in [0.2, 0.25) is 0 Å².